The lowest BCUT2D eigenvalue weighted by Crippen LogP contribution is -2.04. The first kappa shape index (κ1) is 12.2. The average molecular weight is 226 g/mol. The molecular weight excluding hydrogens is 217 g/mol. The van der Waals surface area contributed by atoms with E-state index in [1.807, 2.05) is 0 Å². The molecule has 0 saturated carbocycles. The average Bonchev–Trinajstić information content (AvgIpc) is 2.17. The molecule has 0 aliphatic carbocycles. The van der Waals surface area contributed by atoms with Gasteiger partial charge in [0.25, 0.3) is 6.54 Å². The van der Waals surface area contributed by atoms with Crippen LogP contribution in [0.15, 0.2) is 29.3 Å². The summed E-state index contributed by atoms with van der Waals surface area (Å²) in [7, 11) is 0. The number of halogens is 3. The van der Waals surface area contributed by atoms with Crippen molar-refractivity contribution in [1.29, 1.82) is 0 Å². The fourth-order valence-electron chi connectivity index (χ4n) is 1.12. The molecule has 0 fully saturated rings. The van der Waals surface area contributed by atoms with E-state index < -0.39 is 11.7 Å². The van der Waals surface area contributed by atoms with Gasteiger partial charge in [0.15, 0.2) is 0 Å². The summed E-state index contributed by atoms with van der Waals surface area (Å²) < 4.78 is 37.1. The van der Waals surface area contributed by atoms with E-state index >= 15 is 0 Å². The summed E-state index contributed by atoms with van der Waals surface area (Å²) in [6.45, 7) is 8.31. The lowest BCUT2D eigenvalue weighted by atomic mass is 10.2. The van der Waals surface area contributed by atoms with Gasteiger partial charge >= 0.3 is 6.18 Å². The van der Waals surface area contributed by atoms with Gasteiger partial charge in [-0.05, 0) is 25.1 Å². The van der Waals surface area contributed by atoms with Crippen molar-refractivity contribution in [1.82, 2.24) is 0 Å². The zero-order valence-corrected chi connectivity index (χ0v) is 8.54. The Morgan fingerprint density at radius 3 is 2.69 bits per heavy atom. The molecule has 0 aliphatic rings. The van der Waals surface area contributed by atoms with Crippen molar-refractivity contribution >= 4 is 11.4 Å². The van der Waals surface area contributed by atoms with Crippen molar-refractivity contribution in [2.75, 3.05) is 6.54 Å². The third kappa shape index (κ3) is 3.39. The molecule has 1 aromatic rings. The van der Waals surface area contributed by atoms with Crippen LogP contribution in [0.4, 0.5) is 18.9 Å². The van der Waals surface area contributed by atoms with Gasteiger partial charge in [0, 0.05) is 0 Å². The second kappa shape index (κ2) is 4.79. The van der Waals surface area contributed by atoms with Gasteiger partial charge in [-0.15, -0.1) is 0 Å². The Morgan fingerprint density at radius 2 is 2.12 bits per heavy atom. The van der Waals surface area contributed by atoms with Gasteiger partial charge in [-0.1, -0.05) is 6.07 Å². The van der Waals surface area contributed by atoms with Crippen LogP contribution in [-0.4, -0.2) is 12.3 Å². The molecule has 1 aromatic carbocycles. The quantitative estimate of drug-likeness (QED) is 0.540. The molecular formula is C11H9F3N2. The second-order valence-corrected chi connectivity index (χ2v) is 3.21. The topological polar surface area (TPSA) is 16.7 Å². The molecule has 0 bridgehead atoms. The van der Waals surface area contributed by atoms with Crippen LogP contribution in [0.3, 0.4) is 0 Å². The molecule has 0 aromatic heterocycles. The maximum Gasteiger partial charge on any atom is 0.416 e. The Balaban J connectivity index is 3.01. The van der Waals surface area contributed by atoms with Crippen molar-refractivity contribution in [2.24, 2.45) is 4.99 Å². The monoisotopic (exact) mass is 226 g/mol. The minimum atomic E-state index is -4.36. The van der Waals surface area contributed by atoms with E-state index in [4.69, 9.17) is 6.57 Å². The molecule has 5 heteroatoms. The molecule has 0 radical (unpaired) electrons. The SMILES string of the molecule is [C-]#[N+]CC(C)=Nc1cccc(C(F)(F)F)c1. The normalized spacial score (nSPS) is 12.3. The number of hydrogen-bond donors (Lipinski definition) is 0. The Labute approximate surface area is 91.3 Å². The Morgan fingerprint density at radius 1 is 1.44 bits per heavy atom. The van der Waals surface area contributed by atoms with E-state index in [-0.39, 0.29) is 12.2 Å². The third-order valence-electron chi connectivity index (χ3n) is 1.80. The van der Waals surface area contributed by atoms with Crippen molar-refractivity contribution in [3.8, 4) is 0 Å². The molecule has 0 heterocycles. The molecule has 1 rings (SSSR count). The predicted octanol–water partition coefficient (Wildman–Crippen LogP) is 3.72. The number of hydrogen-bond acceptors (Lipinski definition) is 1. The molecule has 0 spiro atoms. The van der Waals surface area contributed by atoms with Crippen molar-refractivity contribution in [3.63, 3.8) is 0 Å². The third-order valence-corrected chi connectivity index (χ3v) is 1.80. The first-order valence-corrected chi connectivity index (χ1v) is 4.48. The second-order valence-electron chi connectivity index (χ2n) is 3.21. The molecule has 16 heavy (non-hydrogen) atoms. The van der Waals surface area contributed by atoms with E-state index in [1.54, 1.807) is 6.92 Å². The lowest BCUT2D eigenvalue weighted by molar-refractivity contribution is -0.137. The van der Waals surface area contributed by atoms with Gasteiger partial charge in [0.05, 0.1) is 17.0 Å². The highest BCUT2D eigenvalue weighted by Crippen LogP contribution is 2.31. The van der Waals surface area contributed by atoms with Crippen LogP contribution in [0.1, 0.15) is 12.5 Å². The Bertz CT molecular complexity index is 441. The minimum absolute atomic E-state index is 0.0935. The smallest absolute Gasteiger partial charge is 0.310 e. The molecule has 0 aliphatic heterocycles. The summed E-state index contributed by atoms with van der Waals surface area (Å²) in [6.07, 6.45) is -4.36. The molecule has 0 atom stereocenters. The maximum atomic E-state index is 12.4. The van der Waals surface area contributed by atoms with E-state index in [0.29, 0.717) is 5.71 Å². The fourth-order valence-corrected chi connectivity index (χ4v) is 1.12. The van der Waals surface area contributed by atoms with Crippen molar-refractivity contribution in [3.05, 3.63) is 41.2 Å². The number of alkyl halides is 3. The highest BCUT2D eigenvalue weighted by molar-refractivity contribution is 5.87. The zero-order chi connectivity index (χ0) is 12.2. The highest BCUT2D eigenvalue weighted by atomic mass is 19.4. The van der Waals surface area contributed by atoms with Gasteiger partial charge < -0.3 is 4.85 Å². The van der Waals surface area contributed by atoms with Crippen LogP contribution in [0, 0.1) is 6.57 Å². The van der Waals surface area contributed by atoms with Gasteiger partial charge in [0.2, 0.25) is 0 Å². The van der Waals surface area contributed by atoms with Gasteiger partial charge in [-0.25, -0.2) is 6.57 Å². The molecule has 0 N–H and O–H groups in total. The van der Waals surface area contributed by atoms with Crippen LogP contribution < -0.4 is 0 Å². The summed E-state index contributed by atoms with van der Waals surface area (Å²) in [4.78, 5) is 7.03. The lowest BCUT2D eigenvalue weighted by Gasteiger charge is -2.06. The minimum Gasteiger partial charge on any atom is -0.310 e. The molecule has 0 saturated heterocycles. The summed E-state index contributed by atoms with van der Waals surface area (Å²) >= 11 is 0. The maximum absolute atomic E-state index is 12.4. The number of nitrogens with zero attached hydrogens (tertiary/aromatic N) is 2. The summed E-state index contributed by atoms with van der Waals surface area (Å²) in [5, 5.41) is 0. The first-order chi connectivity index (χ1) is 7.43. The number of rotatable bonds is 2. The van der Waals surface area contributed by atoms with Gasteiger partial charge in [-0.2, -0.15) is 13.2 Å². The molecule has 0 unspecified atom stereocenters. The van der Waals surface area contributed by atoms with E-state index in [0.717, 1.165) is 12.1 Å². The molecule has 0 amide bonds. The predicted molar refractivity (Wildman–Crippen MR) is 55.7 cm³/mol. The standard InChI is InChI=1S/C11H9F3N2/c1-8(7-15-2)16-10-5-3-4-9(6-10)11(12,13)14/h3-6H,7H2,1H3. The van der Waals surface area contributed by atoms with Crippen molar-refractivity contribution in [2.45, 2.75) is 13.1 Å². The van der Waals surface area contributed by atoms with Crippen LogP contribution in [-0.2, 0) is 6.18 Å². The summed E-state index contributed by atoms with van der Waals surface area (Å²) in [6, 6.07) is 4.73. The number of aliphatic imine (C=N–C) groups is 1. The van der Waals surface area contributed by atoms with E-state index in [1.165, 1.54) is 12.1 Å². The Hall–Kier alpha value is -1.83. The van der Waals surface area contributed by atoms with E-state index in [2.05, 4.69) is 9.84 Å². The number of benzene rings is 1. The molecule has 2 nitrogen and oxygen atoms in total. The van der Waals surface area contributed by atoms with E-state index in [9.17, 15) is 13.2 Å². The molecule has 84 valence electrons. The summed E-state index contributed by atoms with van der Waals surface area (Å²) in [5.41, 5.74) is -0.0188. The highest BCUT2D eigenvalue weighted by Gasteiger charge is 2.30. The summed E-state index contributed by atoms with van der Waals surface area (Å²) in [5.74, 6) is 0. The van der Waals surface area contributed by atoms with Crippen LogP contribution in [0.5, 0.6) is 0 Å². The van der Waals surface area contributed by atoms with Crippen LogP contribution >= 0.6 is 0 Å². The van der Waals surface area contributed by atoms with Crippen molar-refractivity contribution < 1.29 is 13.2 Å². The Kier molecular flexibility index (Phi) is 3.67. The van der Waals surface area contributed by atoms with Gasteiger partial charge in [0.1, 0.15) is 0 Å². The largest absolute Gasteiger partial charge is 0.416 e. The van der Waals surface area contributed by atoms with Crippen LogP contribution in [0.25, 0.3) is 4.85 Å². The van der Waals surface area contributed by atoms with Crippen LogP contribution in [0.2, 0.25) is 0 Å². The first-order valence-electron chi connectivity index (χ1n) is 4.48. The fraction of sp³-hybridized carbons (Fsp3) is 0.273. The zero-order valence-electron chi connectivity index (χ0n) is 8.54. The van der Waals surface area contributed by atoms with Gasteiger partial charge in [-0.3, -0.25) is 4.99 Å².